The summed E-state index contributed by atoms with van der Waals surface area (Å²) in [5.41, 5.74) is 4.04. The number of halogens is 3. The molecule has 2 aromatic heterocycles. The number of carboxylic acids is 1. The zero-order valence-electron chi connectivity index (χ0n) is 21.9. The summed E-state index contributed by atoms with van der Waals surface area (Å²) in [6.45, 7) is 0. The lowest BCUT2D eigenvalue weighted by Crippen LogP contribution is -2.42. The Balaban J connectivity index is 1.32. The maximum Gasteiger partial charge on any atom is 0.573 e. The van der Waals surface area contributed by atoms with Crippen LogP contribution in [0.5, 0.6) is 11.5 Å². The molecule has 1 atom stereocenters. The number of ether oxygens (including phenoxy) is 1. The number of fused-ring (bicyclic) bond motifs is 1. The maximum atomic E-state index is 13.1. The number of benzene rings is 3. The Morgan fingerprint density at radius 1 is 0.905 bits per heavy atom. The van der Waals surface area contributed by atoms with Gasteiger partial charge in [0.05, 0.1) is 0 Å². The number of carbonyl (C=O) groups is 2. The van der Waals surface area contributed by atoms with E-state index in [4.69, 9.17) is 0 Å². The largest absolute Gasteiger partial charge is 0.573 e. The molecule has 0 spiro atoms. The lowest BCUT2D eigenvalue weighted by molar-refractivity contribution is -0.274. The first-order valence-corrected chi connectivity index (χ1v) is 12.8. The van der Waals surface area contributed by atoms with E-state index in [1.807, 2.05) is 30.3 Å². The lowest BCUT2D eigenvalue weighted by Gasteiger charge is -2.17. The molecular formula is C31H24F3N3O5. The van der Waals surface area contributed by atoms with Gasteiger partial charge < -0.3 is 24.7 Å². The van der Waals surface area contributed by atoms with E-state index < -0.39 is 24.3 Å². The first kappa shape index (κ1) is 28.2. The van der Waals surface area contributed by atoms with Crippen molar-refractivity contribution in [2.45, 2.75) is 25.2 Å². The number of carbonyl (C=O) groups excluding carboxylic acids is 1. The molecule has 0 unspecified atom stereocenters. The number of carboxylic acid groups (broad SMARTS) is 1. The summed E-state index contributed by atoms with van der Waals surface area (Å²) in [6.07, 6.45) is -1.25. The van der Waals surface area contributed by atoms with Crippen LogP contribution in [0.15, 0.2) is 97.3 Å². The summed E-state index contributed by atoms with van der Waals surface area (Å²) < 4.78 is 42.8. The molecule has 42 heavy (non-hydrogen) atoms. The first-order chi connectivity index (χ1) is 20.0. The topological polar surface area (TPSA) is 113 Å². The van der Waals surface area contributed by atoms with Crippen molar-refractivity contribution >= 4 is 17.5 Å². The van der Waals surface area contributed by atoms with Gasteiger partial charge in [0.15, 0.2) is 0 Å². The fraction of sp³-hybridized carbons (Fsp3) is 0.129. The van der Waals surface area contributed by atoms with Gasteiger partial charge in [0.2, 0.25) is 0 Å². The van der Waals surface area contributed by atoms with Gasteiger partial charge in [-0.2, -0.15) is 0 Å². The van der Waals surface area contributed by atoms with E-state index in [0.717, 1.165) is 11.1 Å². The molecule has 1 amide bonds. The summed E-state index contributed by atoms with van der Waals surface area (Å²) in [7, 11) is 0. The molecular weight excluding hydrogens is 551 g/mol. The van der Waals surface area contributed by atoms with Crippen molar-refractivity contribution in [3.8, 4) is 22.6 Å². The minimum Gasteiger partial charge on any atom is -0.508 e. The van der Waals surface area contributed by atoms with E-state index >= 15 is 0 Å². The van der Waals surface area contributed by atoms with Gasteiger partial charge in [-0.25, -0.2) is 9.78 Å². The number of hydrogen-bond donors (Lipinski definition) is 3. The maximum absolute atomic E-state index is 13.1. The number of imidazole rings is 1. The zero-order chi connectivity index (χ0) is 29.9. The Kier molecular flexibility index (Phi) is 7.83. The predicted molar refractivity (Wildman–Crippen MR) is 147 cm³/mol. The molecule has 3 aromatic carbocycles. The Morgan fingerprint density at radius 3 is 2.31 bits per heavy atom. The van der Waals surface area contributed by atoms with E-state index in [1.165, 1.54) is 36.5 Å². The van der Waals surface area contributed by atoms with Crippen molar-refractivity contribution in [2.24, 2.45) is 0 Å². The summed E-state index contributed by atoms with van der Waals surface area (Å²) in [4.78, 5) is 29.5. The molecule has 5 aromatic rings. The number of rotatable bonds is 9. The van der Waals surface area contributed by atoms with Crippen LogP contribution < -0.4 is 10.1 Å². The number of nitrogens with zero attached hydrogens (tertiary/aromatic N) is 2. The number of nitrogens with one attached hydrogen (secondary N) is 1. The molecule has 0 aliphatic heterocycles. The van der Waals surface area contributed by atoms with Crippen LogP contribution >= 0.6 is 0 Å². The number of phenols is 1. The highest BCUT2D eigenvalue weighted by molar-refractivity contribution is 5.95. The summed E-state index contributed by atoms with van der Waals surface area (Å²) in [5, 5.41) is 22.4. The average molecular weight is 576 g/mol. The standard InChI is InChI=1S/C31H24F3N3O5/c32-31(33,34)42-25-11-7-20(8-12-25)22-9-13-28-35-27(18-37(28)17-22)29(39)36-26(30(40)41)16-21-6-10-24(38)15-23(21)14-19-4-2-1-3-5-19/h1-13,15,17-18,26,38H,14,16H2,(H,36,39)(H,40,41)/t26-/m0/s1. The highest BCUT2D eigenvalue weighted by atomic mass is 19.4. The number of aliphatic carboxylic acids is 1. The second-order valence-electron chi connectivity index (χ2n) is 9.57. The van der Waals surface area contributed by atoms with Crippen molar-refractivity contribution in [3.63, 3.8) is 0 Å². The van der Waals surface area contributed by atoms with Gasteiger partial charge in [-0.1, -0.05) is 48.5 Å². The highest BCUT2D eigenvalue weighted by Crippen LogP contribution is 2.27. The van der Waals surface area contributed by atoms with Crippen LogP contribution in [0.25, 0.3) is 16.8 Å². The molecule has 3 N–H and O–H groups in total. The Bertz CT molecular complexity index is 1740. The van der Waals surface area contributed by atoms with Crippen molar-refractivity contribution < 1.29 is 37.7 Å². The van der Waals surface area contributed by atoms with Gasteiger partial charge in [0.25, 0.3) is 5.91 Å². The number of aromatic nitrogens is 2. The molecule has 8 nitrogen and oxygen atoms in total. The monoisotopic (exact) mass is 575 g/mol. The van der Waals surface area contributed by atoms with Gasteiger partial charge in [-0.05, 0) is 70.6 Å². The number of aromatic hydroxyl groups is 1. The van der Waals surface area contributed by atoms with E-state index in [-0.39, 0.29) is 23.6 Å². The SMILES string of the molecule is O=C(N[C@@H](Cc1ccc(O)cc1Cc1ccccc1)C(=O)O)c1cn2cc(-c3ccc(OC(F)(F)F)cc3)ccc2n1. The Morgan fingerprint density at radius 2 is 1.62 bits per heavy atom. The number of phenolic OH excluding ortho intramolecular Hbond substituents is 1. The molecule has 2 heterocycles. The van der Waals surface area contributed by atoms with Crippen LogP contribution in [0.3, 0.4) is 0 Å². The predicted octanol–water partition coefficient (Wildman–Crippen LogP) is 5.62. The van der Waals surface area contributed by atoms with Gasteiger partial charge in [-0.3, -0.25) is 4.79 Å². The summed E-state index contributed by atoms with van der Waals surface area (Å²) >= 11 is 0. The molecule has 0 saturated carbocycles. The van der Waals surface area contributed by atoms with Crippen molar-refractivity contribution in [2.75, 3.05) is 0 Å². The van der Waals surface area contributed by atoms with E-state index in [0.29, 0.717) is 28.8 Å². The molecule has 0 aliphatic carbocycles. The fourth-order valence-electron chi connectivity index (χ4n) is 4.57. The van der Waals surface area contributed by atoms with E-state index in [2.05, 4.69) is 15.0 Å². The first-order valence-electron chi connectivity index (χ1n) is 12.8. The molecule has 5 rings (SSSR count). The lowest BCUT2D eigenvalue weighted by atomic mass is 9.95. The van der Waals surface area contributed by atoms with Crippen molar-refractivity contribution in [1.82, 2.24) is 14.7 Å². The minimum atomic E-state index is -4.79. The minimum absolute atomic E-state index is 0.0115. The van der Waals surface area contributed by atoms with Gasteiger partial charge in [0, 0.05) is 18.8 Å². The molecule has 214 valence electrons. The van der Waals surface area contributed by atoms with E-state index in [9.17, 15) is 33.0 Å². The van der Waals surface area contributed by atoms with Crippen LogP contribution in [0.2, 0.25) is 0 Å². The summed E-state index contributed by atoms with van der Waals surface area (Å²) in [5.74, 6) is -2.22. The van der Waals surface area contributed by atoms with Crippen molar-refractivity contribution in [3.05, 3.63) is 120 Å². The summed E-state index contributed by atoms with van der Waals surface area (Å²) in [6, 6.07) is 21.6. The van der Waals surface area contributed by atoms with Crippen LogP contribution in [-0.4, -0.2) is 43.9 Å². The van der Waals surface area contributed by atoms with Crippen LogP contribution in [0.1, 0.15) is 27.2 Å². The Hall–Kier alpha value is -5.32. The smallest absolute Gasteiger partial charge is 0.508 e. The second kappa shape index (κ2) is 11.7. The average Bonchev–Trinajstić information content (AvgIpc) is 3.38. The van der Waals surface area contributed by atoms with Crippen molar-refractivity contribution in [1.29, 1.82) is 0 Å². The molecule has 0 radical (unpaired) electrons. The molecule has 0 fully saturated rings. The van der Waals surface area contributed by atoms with Crippen LogP contribution in [0, 0.1) is 0 Å². The van der Waals surface area contributed by atoms with Gasteiger partial charge in [-0.15, -0.1) is 13.2 Å². The number of alkyl halides is 3. The third kappa shape index (κ3) is 6.87. The number of pyridine rings is 1. The second-order valence-corrected chi connectivity index (χ2v) is 9.57. The van der Waals surface area contributed by atoms with Crippen LogP contribution in [0.4, 0.5) is 13.2 Å². The molecule has 11 heteroatoms. The number of amides is 1. The van der Waals surface area contributed by atoms with Crippen LogP contribution in [-0.2, 0) is 17.6 Å². The fourth-order valence-corrected chi connectivity index (χ4v) is 4.57. The third-order valence-corrected chi connectivity index (χ3v) is 6.56. The third-order valence-electron chi connectivity index (χ3n) is 6.56. The Labute approximate surface area is 237 Å². The molecule has 0 bridgehead atoms. The van der Waals surface area contributed by atoms with E-state index in [1.54, 1.807) is 34.9 Å². The zero-order valence-corrected chi connectivity index (χ0v) is 21.9. The quantitative estimate of drug-likeness (QED) is 0.210. The van der Waals surface area contributed by atoms with Gasteiger partial charge >= 0.3 is 12.3 Å². The van der Waals surface area contributed by atoms with Gasteiger partial charge in [0.1, 0.15) is 28.9 Å². The highest BCUT2D eigenvalue weighted by Gasteiger charge is 2.31. The number of hydrogen-bond acceptors (Lipinski definition) is 5. The molecule has 0 saturated heterocycles. The molecule has 0 aliphatic rings. The normalized spacial score (nSPS) is 12.2.